The third-order valence-corrected chi connectivity index (χ3v) is 11.9. The molecular formula is C47H91NO5. The van der Waals surface area contributed by atoms with Gasteiger partial charge in [0.25, 0.3) is 0 Å². The van der Waals surface area contributed by atoms with Gasteiger partial charge < -0.3 is 19.1 Å². The summed E-state index contributed by atoms with van der Waals surface area (Å²) in [5.41, 5.74) is -0.841. The third-order valence-electron chi connectivity index (χ3n) is 11.9. The van der Waals surface area contributed by atoms with E-state index >= 15 is 0 Å². The van der Waals surface area contributed by atoms with Gasteiger partial charge in [0.1, 0.15) is 0 Å². The smallest absolute Gasteiger partial charge is 0.311 e. The van der Waals surface area contributed by atoms with E-state index in [-0.39, 0.29) is 11.9 Å². The summed E-state index contributed by atoms with van der Waals surface area (Å²) in [6, 6.07) is 0.753. The molecule has 0 saturated carbocycles. The van der Waals surface area contributed by atoms with Gasteiger partial charge in [0.2, 0.25) is 0 Å². The summed E-state index contributed by atoms with van der Waals surface area (Å²) in [5.74, 6) is -0.0679. The summed E-state index contributed by atoms with van der Waals surface area (Å²) in [7, 11) is 0. The predicted octanol–water partition coefficient (Wildman–Crippen LogP) is 13.6. The highest BCUT2D eigenvalue weighted by atomic mass is 16.5. The molecule has 6 nitrogen and oxygen atoms in total. The van der Waals surface area contributed by atoms with Crippen molar-refractivity contribution in [3.05, 3.63) is 0 Å². The minimum Gasteiger partial charge on any atom is -0.465 e. The fraction of sp³-hybridized carbons (Fsp3) is 0.957. The van der Waals surface area contributed by atoms with Crippen molar-refractivity contribution in [3.8, 4) is 0 Å². The molecule has 0 aromatic carbocycles. The second-order valence-corrected chi connectivity index (χ2v) is 17.9. The number of unbranched alkanes of at least 4 members (excludes halogenated alkanes) is 16. The van der Waals surface area contributed by atoms with Crippen molar-refractivity contribution in [1.82, 2.24) is 4.90 Å². The molecule has 1 atom stereocenters. The Labute approximate surface area is 330 Å². The van der Waals surface area contributed by atoms with Gasteiger partial charge in [-0.2, -0.15) is 0 Å². The number of piperidine rings is 1. The van der Waals surface area contributed by atoms with Crippen LogP contribution < -0.4 is 0 Å². The third kappa shape index (κ3) is 25.6. The SMILES string of the molecule is CCCCCCCCCOC(=O)C(C)(C)CCCCCC(CCCCCC(C)(C)C(=O)OCCCCCCCCC)OCCCN1CCCCC1CC. The monoisotopic (exact) mass is 750 g/mol. The lowest BCUT2D eigenvalue weighted by Gasteiger charge is -2.35. The molecule has 1 aliphatic rings. The molecule has 1 unspecified atom stereocenters. The van der Waals surface area contributed by atoms with Crippen LogP contribution in [-0.4, -0.2) is 61.9 Å². The maximum absolute atomic E-state index is 12.8. The van der Waals surface area contributed by atoms with Crippen molar-refractivity contribution >= 4 is 11.9 Å². The van der Waals surface area contributed by atoms with E-state index in [9.17, 15) is 9.59 Å². The van der Waals surface area contributed by atoms with Crippen LogP contribution in [0, 0.1) is 10.8 Å². The summed E-state index contributed by atoms with van der Waals surface area (Å²) in [6.45, 7) is 19.4. The highest BCUT2D eigenvalue weighted by Gasteiger charge is 2.30. The van der Waals surface area contributed by atoms with Crippen LogP contribution in [0.15, 0.2) is 0 Å². The maximum atomic E-state index is 12.8. The first-order valence-electron chi connectivity index (χ1n) is 23.3. The number of carbonyl (C=O) groups is 2. The molecule has 1 aliphatic heterocycles. The van der Waals surface area contributed by atoms with E-state index in [1.807, 2.05) is 0 Å². The van der Waals surface area contributed by atoms with Gasteiger partial charge in [0.05, 0.1) is 30.1 Å². The molecule has 1 rings (SSSR count). The second kappa shape index (κ2) is 32.0. The lowest BCUT2D eigenvalue weighted by atomic mass is 9.86. The fourth-order valence-electron chi connectivity index (χ4n) is 7.92. The van der Waals surface area contributed by atoms with Crippen LogP contribution >= 0.6 is 0 Å². The van der Waals surface area contributed by atoms with Gasteiger partial charge in [-0.3, -0.25) is 9.59 Å². The van der Waals surface area contributed by atoms with E-state index in [1.165, 1.54) is 96.4 Å². The number of ether oxygens (including phenoxy) is 3. The van der Waals surface area contributed by atoms with Crippen LogP contribution in [0.4, 0.5) is 0 Å². The zero-order valence-electron chi connectivity index (χ0n) is 36.7. The van der Waals surface area contributed by atoms with Gasteiger partial charge in [-0.05, 0) is 98.4 Å². The highest BCUT2D eigenvalue weighted by Crippen LogP contribution is 2.28. The highest BCUT2D eigenvalue weighted by molar-refractivity contribution is 5.76. The number of likely N-dealkylation sites (tertiary alicyclic amines) is 1. The number of hydrogen-bond acceptors (Lipinski definition) is 6. The molecular weight excluding hydrogens is 659 g/mol. The van der Waals surface area contributed by atoms with Crippen molar-refractivity contribution in [1.29, 1.82) is 0 Å². The fourth-order valence-corrected chi connectivity index (χ4v) is 7.92. The van der Waals surface area contributed by atoms with E-state index in [4.69, 9.17) is 14.2 Å². The van der Waals surface area contributed by atoms with Crippen molar-refractivity contribution in [2.24, 2.45) is 10.8 Å². The Bertz CT molecular complexity index is 819. The van der Waals surface area contributed by atoms with E-state index in [1.54, 1.807) is 0 Å². The minimum atomic E-state index is -0.421. The molecule has 1 heterocycles. The molecule has 0 spiro atoms. The lowest BCUT2D eigenvalue weighted by Crippen LogP contribution is -2.40. The second-order valence-electron chi connectivity index (χ2n) is 17.9. The zero-order valence-corrected chi connectivity index (χ0v) is 36.7. The molecule has 0 radical (unpaired) electrons. The molecule has 0 amide bonds. The van der Waals surface area contributed by atoms with Crippen molar-refractivity contribution < 1.29 is 23.8 Å². The Kier molecular flexibility index (Phi) is 30.1. The molecule has 53 heavy (non-hydrogen) atoms. The summed E-state index contributed by atoms with van der Waals surface area (Å²) in [5, 5.41) is 0. The Morgan fingerprint density at radius 2 is 1.02 bits per heavy atom. The number of hydrogen-bond donors (Lipinski definition) is 0. The molecule has 1 saturated heterocycles. The van der Waals surface area contributed by atoms with E-state index < -0.39 is 10.8 Å². The average molecular weight is 750 g/mol. The van der Waals surface area contributed by atoms with Crippen LogP contribution in [0.5, 0.6) is 0 Å². The van der Waals surface area contributed by atoms with Gasteiger partial charge >= 0.3 is 11.9 Å². The summed E-state index contributed by atoms with van der Waals surface area (Å²) in [6.07, 6.45) is 34.5. The van der Waals surface area contributed by atoms with Crippen LogP contribution in [-0.2, 0) is 23.8 Å². The molecule has 0 aromatic rings. The average Bonchev–Trinajstić information content (AvgIpc) is 3.14. The van der Waals surface area contributed by atoms with Crippen molar-refractivity contribution in [2.45, 2.75) is 247 Å². The van der Waals surface area contributed by atoms with Gasteiger partial charge in [-0.1, -0.05) is 143 Å². The molecule has 6 heteroatoms. The Morgan fingerprint density at radius 1 is 0.566 bits per heavy atom. The Balaban J connectivity index is 2.41. The molecule has 1 fully saturated rings. The topological polar surface area (TPSA) is 65.1 Å². The quantitative estimate of drug-likeness (QED) is 0.0469. The van der Waals surface area contributed by atoms with E-state index in [2.05, 4.69) is 53.4 Å². The first-order valence-corrected chi connectivity index (χ1v) is 23.3. The zero-order chi connectivity index (χ0) is 39.0. The number of nitrogens with zero attached hydrogens (tertiary/aromatic N) is 1. The molecule has 0 aliphatic carbocycles. The Hall–Kier alpha value is -1.14. The van der Waals surface area contributed by atoms with Crippen LogP contribution in [0.25, 0.3) is 0 Å². The van der Waals surface area contributed by atoms with Crippen molar-refractivity contribution in [2.75, 3.05) is 32.9 Å². The number of carbonyl (C=O) groups excluding carboxylic acids is 2. The van der Waals surface area contributed by atoms with Crippen LogP contribution in [0.2, 0.25) is 0 Å². The minimum absolute atomic E-state index is 0.0340. The summed E-state index contributed by atoms with van der Waals surface area (Å²) in [4.78, 5) is 28.3. The predicted molar refractivity (Wildman–Crippen MR) is 225 cm³/mol. The first-order chi connectivity index (χ1) is 25.6. The summed E-state index contributed by atoms with van der Waals surface area (Å²) >= 11 is 0. The maximum Gasteiger partial charge on any atom is 0.311 e. The molecule has 314 valence electrons. The van der Waals surface area contributed by atoms with Gasteiger partial charge in [-0.25, -0.2) is 0 Å². The molecule has 0 N–H and O–H groups in total. The van der Waals surface area contributed by atoms with Crippen LogP contribution in [0.3, 0.4) is 0 Å². The lowest BCUT2D eigenvalue weighted by molar-refractivity contribution is -0.155. The van der Waals surface area contributed by atoms with E-state index in [0.29, 0.717) is 19.3 Å². The summed E-state index contributed by atoms with van der Waals surface area (Å²) < 4.78 is 18.0. The van der Waals surface area contributed by atoms with Crippen molar-refractivity contribution in [3.63, 3.8) is 0 Å². The molecule has 0 aromatic heterocycles. The van der Waals surface area contributed by atoms with Gasteiger partial charge in [0.15, 0.2) is 0 Å². The standard InChI is InChI=1S/C47H91NO5/c1-8-11-13-15-17-19-29-39-52-44(49)46(4,5)35-26-21-23-33-43(51-41-31-38-48-37-28-25-32-42(48)10-3)34-24-22-27-36-47(6,7)45(50)53-40-30-20-18-16-14-12-9-2/h42-43H,8-41H2,1-7H3. The Morgan fingerprint density at radius 3 is 1.49 bits per heavy atom. The van der Waals surface area contributed by atoms with E-state index in [0.717, 1.165) is 116 Å². The number of rotatable bonds is 36. The van der Waals surface area contributed by atoms with Gasteiger partial charge in [-0.15, -0.1) is 0 Å². The number of esters is 2. The molecule has 0 bridgehead atoms. The normalized spacial score (nSPS) is 15.7. The van der Waals surface area contributed by atoms with Gasteiger partial charge in [0, 0.05) is 19.2 Å². The van der Waals surface area contributed by atoms with Crippen LogP contribution in [0.1, 0.15) is 235 Å². The first kappa shape index (κ1) is 49.9. The largest absolute Gasteiger partial charge is 0.465 e.